The first-order valence-electron chi connectivity index (χ1n) is 0. The molecule has 0 saturated carbocycles. The molecule has 0 heterocycles. The van der Waals surface area contributed by atoms with E-state index in [-0.39, 0.29) is 211 Å². The van der Waals surface area contributed by atoms with Crippen molar-refractivity contribution in [3.8, 4) is 0 Å². The second-order valence-electron chi connectivity index (χ2n) is 0. The molecule has 46 valence electrons. The van der Waals surface area contributed by atoms with Crippen LogP contribution in [0, 0.1) is 0 Å². The molecule has 0 fully saturated rings. The number of hydrogen-bond donors (Lipinski definition) is 0. The summed E-state index contributed by atoms with van der Waals surface area (Å²) in [6.07, 6.45) is 0. The van der Waals surface area contributed by atoms with Gasteiger partial charge in [-0.1, -0.05) is 0 Å². The van der Waals surface area contributed by atoms with E-state index in [4.69, 9.17) is 0 Å². The summed E-state index contributed by atoms with van der Waals surface area (Å²) >= 11 is 0. The second-order valence-corrected chi connectivity index (χ2v) is 0. The van der Waals surface area contributed by atoms with E-state index in [0.29, 0.717) is 0 Å². The van der Waals surface area contributed by atoms with Gasteiger partial charge in [0.1, 0.15) is 0 Å². The molecule has 0 N–H and O–H groups in total. The zero-order valence-electron chi connectivity index (χ0n) is 11.2. The second kappa shape index (κ2) is 49.4. The van der Waals surface area contributed by atoms with Crippen LogP contribution in [0.15, 0.2) is 0 Å². The SMILES string of the molecule is P.[Ca+2].[Cu].[Fe].[H-].[H-].[H-].[H-].[H-].[H-].[K+].[Mg+2].[Mn].[Na+]. The number of hydrogen-bond acceptors (Lipinski definition) is 0. The zero-order chi connectivity index (χ0) is 0. The third kappa shape index (κ3) is 38.8. The van der Waals surface area contributed by atoms with Gasteiger partial charge in [-0.2, -0.15) is 9.90 Å². The van der Waals surface area contributed by atoms with Crippen molar-refractivity contribution in [1.29, 1.82) is 0 Å². The molecule has 0 saturated heterocycles. The van der Waals surface area contributed by atoms with Gasteiger partial charge < -0.3 is 8.56 Å². The fraction of sp³-hybridized carbons (Fsp3) is 0. The quantitative estimate of drug-likeness (QED) is 0.304. The van der Waals surface area contributed by atoms with Gasteiger partial charge in [-0.25, -0.2) is 0 Å². The fourth-order valence-corrected chi connectivity index (χ4v) is 0. The summed E-state index contributed by atoms with van der Waals surface area (Å²) in [4.78, 5) is 0. The van der Waals surface area contributed by atoms with Gasteiger partial charge in [0.2, 0.25) is 0 Å². The largest absolute Gasteiger partial charge is 2.00 e. The Morgan fingerprint density at radius 3 is 1.12 bits per heavy atom. The van der Waals surface area contributed by atoms with Crippen molar-refractivity contribution in [2.75, 3.05) is 0 Å². The van der Waals surface area contributed by atoms with E-state index >= 15 is 0 Å². The van der Waals surface area contributed by atoms with Crippen LogP contribution >= 0.6 is 9.90 Å². The predicted octanol–water partition coefficient (Wildman–Crippen LogP) is -6.03. The molecule has 8 heteroatoms. The predicted molar refractivity (Wildman–Crippen MR) is 29.3 cm³/mol. The van der Waals surface area contributed by atoms with E-state index in [9.17, 15) is 0 Å². The van der Waals surface area contributed by atoms with Crippen molar-refractivity contribution < 1.29 is 141 Å². The standard InChI is InChI=1S/Ca.Cu.Fe.K.Mg.Mn.Na.H3P.6H/h;;;;;;;1H3;;;;;;/q+2;;;+1;+2;;+1;;6*-1. The van der Waals surface area contributed by atoms with Crippen LogP contribution in [-0.2, 0) is 51.2 Å². The molecule has 0 aromatic carbocycles. The van der Waals surface area contributed by atoms with E-state index in [2.05, 4.69) is 0 Å². The fourth-order valence-electron chi connectivity index (χ4n) is 0. The molecule has 0 rings (SSSR count). The van der Waals surface area contributed by atoms with Gasteiger partial charge in [-0.15, -0.1) is 0 Å². The molecule has 0 amide bonds. The summed E-state index contributed by atoms with van der Waals surface area (Å²) in [5, 5.41) is 0. The molecule has 0 aliphatic carbocycles. The molecular formula is H9CaCuFeKMgMnNaP. The minimum absolute atomic E-state index is 0. The van der Waals surface area contributed by atoms with Crippen LogP contribution in [0.4, 0.5) is 0 Å². The maximum atomic E-state index is 0. The van der Waals surface area contributed by atoms with Gasteiger partial charge >= 0.3 is 142 Å². The van der Waals surface area contributed by atoms with Crippen LogP contribution in [0.25, 0.3) is 0 Å². The van der Waals surface area contributed by atoms with Gasteiger partial charge in [0.15, 0.2) is 0 Å². The van der Waals surface area contributed by atoms with Crippen LogP contribution in [0.1, 0.15) is 8.56 Å². The summed E-state index contributed by atoms with van der Waals surface area (Å²) in [5.41, 5.74) is 0. The average Bonchev–Trinajstić information content (AvgIpc) is 0. The zero-order valence-corrected chi connectivity index (χ0v) is 18.5. The van der Waals surface area contributed by atoms with Crippen molar-refractivity contribution in [3.63, 3.8) is 0 Å². The average molecular weight is 341 g/mol. The molecule has 0 nitrogen and oxygen atoms in total. The first kappa shape index (κ1) is 61.7. The van der Waals surface area contributed by atoms with Crippen LogP contribution < -0.4 is 80.9 Å². The van der Waals surface area contributed by atoms with Gasteiger partial charge in [-0.3, -0.25) is 0 Å². The smallest absolute Gasteiger partial charge is 1.00 e. The molecule has 0 bridgehead atoms. The van der Waals surface area contributed by atoms with E-state index in [0.717, 1.165) is 0 Å². The summed E-state index contributed by atoms with van der Waals surface area (Å²) in [7, 11) is 0. The Balaban J connectivity index is 0. The molecule has 8 heavy (non-hydrogen) atoms. The molecule has 2 radical (unpaired) electrons. The third-order valence-corrected chi connectivity index (χ3v) is 0. The topological polar surface area (TPSA) is 0 Å². The van der Waals surface area contributed by atoms with Crippen molar-refractivity contribution in [2.45, 2.75) is 0 Å². The van der Waals surface area contributed by atoms with Gasteiger partial charge in [0.25, 0.3) is 0 Å². The van der Waals surface area contributed by atoms with Gasteiger partial charge in [-0.05, 0) is 0 Å². The Hall–Kier alpha value is 6.65. The minimum Gasteiger partial charge on any atom is -1.00 e. The van der Waals surface area contributed by atoms with E-state index in [1.807, 2.05) is 0 Å². The van der Waals surface area contributed by atoms with Crippen LogP contribution in [0.2, 0.25) is 0 Å². The van der Waals surface area contributed by atoms with E-state index in [1.165, 1.54) is 0 Å². The maximum absolute atomic E-state index is 0. The first-order chi connectivity index (χ1) is 0. The van der Waals surface area contributed by atoms with E-state index in [1.54, 1.807) is 0 Å². The minimum atomic E-state index is 0. The Kier molecular flexibility index (Phi) is 381. The van der Waals surface area contributed by atoms with Gasteiger partial charge in [0, 0.05) is 51.2 Å². The summed E-state index contributed by atoms with van der Waals surface area (Å²) in [6, 6.07) is 0. The van der Waals surface area contributed by atoms with Crippen molar-refractivity contribution >= 4 is 70.7 Å². The Bertz CT molecular complexity index is 37.8. The normalized spacial score (nSPS) is 0. The first-order valence-corrected chi connectivity index (χ1v) is 0. The summed E-state index contributed by atoms with van der Waals surface area (Å²) in [6.45, 7) is 0. The summed E-state index contributed by atoms with van der Waals surface area (Å²) < 4.78 is 0. The summed E-state index contributed by atoms with van der Waals surface area (Å²) in [5.74, 6) is 0. The Morgan fingerprint density at radius 2 is 1.12 bits per heavy atom. The molecule has 1 unspecified atom stereocenters. The molecule has 0 aliphatic rings. The van der Waals surface area contributed by atoms with Gasteiger partial charge in [0.05, 0.1) is 0 Å². The maximum Gasteiger partial charge on any atom is 2.00 e. The van der Waals surface area contributed by atoms with E-state index < -0.39 is 0 Å². The monoisotopic (exact) mass is 340 g/mol. The van der Waals surface area contributed by atoms with Crippen LogP contribution in [-0.4, -0.2) is 60.8 Å². The molecule has 0 aliphatic heterocycles. The Labute approximate surface area is 206 Å². The molecule has 1 atom stereocenters. The molecular weight excluding hydrogens is 332 g/mol. The van der Waals surface area contributed by atoms with Crippen molar-refractivity contribution in [1.82, 2.24) is 0 Å². The molecule has 0 aromatic rings. The van der Waals surface area contributed by atoms with Crippen LogP contribution in [0.5, 0.6) is 0 Å². The molecule has 0 aromatic heterocycles. The Morgan fingerprint density at radius 1 is 1.12 bits per heavy atom. The molecule has 0 spiro atoms. The van der Waals surface area contributed by atoms with Crippen LogP contribution in [0.3, 0.4) is 0 Å². The third-order valence-electron chi connectivity index (χ3n) is 0. The van der Waals surface area contributed by atoms with Crippen molar-refractivity contribution in [3.05, 3.63) is 0 Å². The van der Waals surface area contributed by atoms with Crippen molar-refractivity contribution in [2.24, 2.45) is 0 Å². The number of rotatable bonds is 0.